The molecule has 0 radical (unpaired) electrons. The van der Waals surface area contributed by atoms with E-state index in [0.29, 0.717) is 34.3 Å². The molecule has 27 heavy (non-hydrogen) atoms. The largest absolute Gasteiger partial charge is 0.337 e. The molecule has 1 aliphatic rings. The highest BCUT2D eigenvalue weighted by molar-refractivity contribution is 7.92. The number of amides is 1. The molecule has 0 aromatic heterocycles. The Labute approximate surface area is 169 Å². The number of sulfonamides is 1. The third-order valence-corrected chi connectivity index (χ3v) is 6.75. The third-order valence-electron chi connectivity index (χ3n) is 4.62. The van der Waals surface area contributed by atoms with Crippen LogP contribution in [0.25, 0.3) is 0 Å². The average Bonchev–Trinajstić information content (AvgIpc) is 2.93. The summed E-state index contributed by atoms with van der Waals surface area (Å²) >= 11 is 12.2. The van der Waals surface area contributed by atoms with Gasteiger partial charge in [-0.15, -0.1) is 0 Å². The van der Waals surface area contributed by atoms with Crippen molar-refractivity contribution < 1.29 is 13.2 Å². The molecule has 0 aliphatic carbocycles. The topological polar surface area (TPSA) is 57.7 Å². The molecule has 2 aromatic carbocycles. The Kier molecular flexibility index (Phi) is 5.43. The molecular weight excluding hydrogens is 407 g/mol. The molecule has 8 heteroatoms. The summed E-state index contributed by atoms with van der Waals surface area (Å²) in [5.74, 6) is -0.167. The van der Waals surface area contributed by atoms with Crippen LogP contribution in [0.5, 0.6) is 0 Å². The van der Waals surface area contributed by atoms with E-state index in [1.165, 1.54) is 10.6 Å². The minimum atomic E-state index is -3.35. The second-order valence-electron chi connectivity index (χ2n) is 6.83. The van der Waals surface area contributed by atoms with Crippen LogP contribution in [0.4, 0.5) is 5.69 Å². The molecule has 3 rings (SSSR count). The van der Waals surface area contributed by atoms with Gasteiger partial charge >= 0.3 is 0 Å². The highest BCUT2D eigenvalue weighted by atomic mass is 35.5. The number of carbonyl (C=O) groups excluding carboxylic acids is 1. The lowest BCUT2D eigenvalue weighted by Gasteiger charge is -2.22. The number of hydrogen-bond donors (Lipinski definition) is 0. The first-order valence-corrected chi connectivity index (χ1v) is 11.0. The Morgan fingerprint density at radius 2 is 1.96 bits per heavy atom. The fraction of sp³-hybridized carbons (Fsp3) is 0.316. The summed E-state index contributed by atoms with van der Waals surface area (Å²) in [5.41, 5.74) is 2.77. The first kappa shape index (κ1) is 20.0. The van der Waals surface area contributed by atoms with E-state index < -0.39 is 10.0 Å². The highest BCUT2D eigenvalue weighted by Gasteiger charge is 2.33. The van der Waals surface area contributed by atoms with Crippen molar-refractivity contribution in [1.29, 1.82) is 0 Å². The molecule has 1 heterocycles. The number of fused-ring (bicyclic) bond motifs is 1. The van der Waals surface area contributed by atoms with Crippen LogP contribution in [0.15, 0.2) is 36.4 Å². The molecule has 1 atom stereocenters. The molecule has 0 bridgehead atoms. The Hall–Kier alpha value is -1.76. The van der Waals surface area contributed by atoms with Gasteiger partial charge in [-0.05, 0) is 48.7 Å². The second-order valence-corrected chi connectivity index (χ2v) is 9.47. The summed E-state index contributed by atoms with van der Waals surface area (Å²) in [7, 11) is -1.66. The van der Waals surface area contributed by atoms with E-state index in [1.807, 2.05) is 13.0 Å². The van der Waals surface area contributed by atoms with Crippen LogP contribution in [0.3, 0.4) is 0 Å². The maximum atomic E-state index is 12.8. The van der Waals surface area contributed by atoms with Crippen LogP contribution in [-0.4, -0.2) is 38.6 Å². The van der Waals surface area contributed by atoms with Gasteiger partial charge in [-0.2, -0.15) is 0 Å². The van der Waals surface area contributed by atoms with Crippen LogP contribution in [0, 0.1) is 0 Å². The number of carbonyl (C=O) groups is 1. The van der Waals surface area contributed by atoms with E-state index >= 15 is 0 Å². The molecule has 0 fully saturated rings. The van der Waals surface area contributed by atoms with E-state index in [-0.39, 0.29) is 11.9 Å². The van der Waals surface area contributed by atoms with Crippen LogP contribution >= 0.6 is 23.2 Å². The first-order valence-electron chi connectivity index (χ1n) is 8.40. The van der Waals surface area contributed by atoms with Crippen molar-refractivity contribution in [2.24, 2.45) is 0 Å². The molecular formula is C19H20Cl2N2O3S. The molecule has 0 saturated heterocycles. The molecule has 1 aliphatic heterocycles. The molecule has 0 saturated carbocycles. The molecule has 5 nitrogen and oxygen atoms in total. The van der Waals surface area contributed by atoms with Gasteiger partial charge in [0.25, 0.3) is 5.91 Å². The van der Waals surface area contributed by atoms with E-state index in [0.717, 1.165) is 11.1 Å². The number of nitrogens with zero attached hydrogens (tertiary/aromatic N) is 2. The summed E-state index contributed by atoms with van der Waals surface area (Å²) in [6.07, 6.45) is 1.77. The van der Waals surface area contributed by atoms with Crippen LogP contribution in [0.2, 0.25) is 10.0 Å². The van der Waals surface area contributed by atoms with Gasteiger partial charge in [0.2, 0.25) is 10.0 Å². The van der Waals surface area contributed by atoms with Crippen molar-refractivity contribution in [3.05, 3.63) is 63.1 Å². The van der Waals surface area contributed by atoms with Gasteiger partial charge in [0.15, 0.2) is 0 Å². The smallest absolute Gasteiger partial charge is 0.253 e. The molecule has 1 amide bonds. The predicted octanol–water partition coefficient (Wildman–Crippen LogP) is 3.98. The Balaban J connectivity index is 1.84. The van der Waals surface area contributed by atoms with E-state index in [4.69, 9.17) is 23.2 Å². The molecule has 2 aromatic rings. The van der Waals surface area contributed by atoms with Crippen molar-refractivity contribution >= 4 is 44.8 Å². The van der Waals surface area contributed by atoms with Crippen LogP contribution < -0.4 is 4.31 Å². The summed E-state index contributed by atoms with van der Waals surface area (Å²) < 4.78 is 25.5. The SMILES string of the molecule is C[C@H]1Cc2cc(C(=O)N(C)Cc3cccc(Cl)c3Cl)ccc2N1S(C)(=O)=O. The number of halogens is 2. The third kappa shape index (κ3) is 3.93. The van der Waals surface area contributed by atoms with Crippen molar-refractivity contribution in [3.63, 3.8) is 0 Å². The standard InChI is InChI=1S/C19H20Cl2N2O3S/c1-12-9-15-10-13(7-8-17(15)23(12)27(3,25)26)19(24)22(2)11-14-5-4-6-16(20)18(14)21/h4-8,10,12H,9,11H2,1-3H3/t12-/m0/s1. The lowest BCUT2D eigenvalue weighted by Crippen LogP contribution is -2.34. The zero-order chi connectivity index (χ0) is 19.9. The lowest BCUT2D eigenvalue weighted by molar-refractivity contribution is 0.0785. The maximum Gasteiger partial charge on any atom is 0.253 e. The Bertz CT molecular complexity index is 1010. The summed E-state index contributed by atoms with van der Waals surface area (Å²) in [6.45, 7) is 2.18. The Morgan fingerprint density at radius 3 is 2.63 bits per heavy atom. The van der Waals surface area contributed by atoms with Crippen molar-refractivity contribution in [3.8, 4) is 0 Å². The Morgan fingerprint density at radius 1 is 1.26 bits per heavy atom. The minimum Gasteiger partial charge on any atom is -0.337 e. The van der Waals surface area contributed by atoms with Gasteiger partial charge in [-0.1, -0.05) is 35.3 Å². The van der Waals surface area contributed by atoms with Gasteiger partial charge in [-0.25, -0.2) is 8.42 Å². The normalized spacial score (nSPS) is 16.3. The first-order chi connectivity index (χ1) is 12.6. The van der Waals surface area contributed by atoms with Crippen molar-refractivity contribution in [2.45, 2.75) is 25.9 Å². The lowest BCUT2D eigenvalue weighted by atomic mass is 10.1. The fourth-order valence-electron chi connectivity index (χ4n) is 3.46. The second kappa shape index (κ2) is 7.34. The molecule has 144 valence electrons. The summed E-state index contributed by atoms with van der Waals surface area (Å²) in [6, 6.07) is 10.3. The zero-order valence-electron chi connectivity index (χ0n) is 15.2. The van der Waals surface area contributed by atoms with Gasteiger partial charge in [0.05, 0.1) is 22.0 Å². The quantitative estimate of drug-likeness (QED) is 0.742. The minimum absolute atomic E-state index is 0.164. The molecule has 0 N–H and O–H groups in total. The van der Waals surface area contributed by atoms with Crippen molar-refractivity contribution in [1.82, 2.24) is 4.90 Å². The van der Waals surface area contributed by atoms with Gasteiger partial charge in [-0.3, -0.25) is 9.10 Å². The van der Waals surface area contributed by atoms with E-state index in [2.05, 4.69) is 0 Å². The monoisotopic (exact) mass is 426 g/mol. The maximum absolute atomic E-state index is 12.8. The van der Waals surface area contributed by atoms with Crippen molar-refractivity contribution in [2.75, 3.05) is 17.6 Å². The average molecular weight is 427 g/mol. The van der Waals surface area contributed by atoms with Gasteiger partial charge < -0.3 is 4.90 Å². The van der Waals surface area contributed by atoms with Gasteiger partial charge in [0, 0.05) is 25.2 Å². The fourth-order valence-corrected chi connectivity index (χ4v) is 5.10. The zero-order valence-corrected chi connectivity index (χ0v) is 17.6. The van der Waals surface area contributed by atoms with Crippen LogP contribution in [0.1, 0.15) is 28.4 Å². The number of rotatable bonds is 4. The van der Waals surface area contributed by atoms with E-state index in [1.54, 1.807) is 42.3 Å². The number of benzene rings is 2. The van der Waals surface area contributed by atoms with Crippen LogP contribution in [-0.2, 0) is 23.0 Å². The summed E-state index contributed by atoms with van der Waals surface area (Å²) in [4.78, 5) is 14.4. The molecule has 0 spiro atoms. The summed E-state index contributed by atoms with van der Waals surface area (Å²) in [5, 5.41) is 0.882. The highest BCUT2D eigenvalue weighted by Crippen LogP contribution is 2.35. The number of anilines is 1. The van der Waals surface area contributed by atoms with Gasteiger partial charge in [0.1, 0.15) is 0 Å². The number of hydrogen-bond acceptors (Lipinski definition) is 3. The molecule has 0 unspecified atom stereocenters. The predicted molar refractivity (Wildman–Crippen MR) is 109 cm³/mol. The van der Waals surface area contributed by atoms with E-state index in [9.17, 15) is 13.2 Å².